The lowest BCUT2D eigenvalue weighted by molar-refractivity contribution is -0.132. The molecule has 43 heavy (non-hydrogen) atoms. The van der Waals surface area contributed by atoms with E-state index in [-0.39, 0.29) is 46.5 Å². The number of carbonyl (C=O) groups is 3. The van der Waals surface area contributed by atoms with Gasteiger partial charge in [-0.1, -0.05) is 72.6 Å². The molecule has 0 unspecified atom stereocenters. The maximum absolute atomic E-state index is 12.9. The minimum absolute atomic E-state index is 0.0818. The summed E-state index contributed by atoms with van der Waals surface area (Å²) in [6, 6.07) is 18.9. The summed E-state index contributed by atoms with van der Waals surface area (Å²) in [5.41, 5.74) is 2.54. The Morgan fingerprint density at radius 3 is 2.35 bits per heavy atom. The number of benzene rings is 3. The first-order valence-electron chi connectivity index (χ1n) is 13.8. The van der Waals surface area contributed by atoms with E-state index in [4.69, 9.17) is 23.2 Å². The van der Waals surface area contributed by atoms with Crippen molar-refractivity contribution < 1.29 is 22.8 Å². The molecule has 0 aliphatic carbocycles. The fraction of sp³-hybridized carbons (Fsp3) is 0.323. The SMILES string of the molecule is CCCC(=O)N(CCC(=O)NC[C@H](S)Cc1cccc(Cl)c1)Cc1ccc(-c2ccccc2S(=O)(=O)NC(C)=O)c(Cl)c1. The molecule has 3 aromatic carbocycles. The van der Waals surface area contributed by atoms with Gasteiger partial charge in [-0.25, -0.2) is 13.1 Å². The number of amides is 3. The first-order chi connectivity index (χ1) is 20.4. The minimum atomic E-state index is -4.10. The molecule has 0 aromatic heterocycles. The van der Waals surface area contributed by atoms with Gasteiger partial charge in [-0.3, -0.25) is 14.4 Å². The third-order valence-corrected chi connectivity index (χ3v) is 8.88. The third kappa shape index (κ3) is 10.6. The molecule has 12 heteroatoms. The molecular formula is C31H35Cl2N3O5S2. The Balaban J connectivity index is 1.67. The van der Waals surface area contributed by atoms with Gasteiger partial charge < -0.3 is 10.2 Å². The summed E-state index contributed by atoms with van der Waals surface area (Å²) in [4.78, 5) is 38.5. The van der Waals surface area contributed by atoms with Crippen molar-refractivity contribution in [3.63, 3.8) is 0 Å². The fourth-order valence-corrected chi connectivity index (χ4v) is 6.53. The predicted octanol–water partition coefficient (Wildman–Crippen LogP) is 5.66. The van der Waals surface area contributed by atoms with E-state index in [1.807, 2.05) is 29.8 Å². The summed E-state index contributed by atoms with van der Waals surface area (Å²) in [5, 5.41) is 3.72. The number of nitrogens with one attached hydrogen (secondary N) is 2. The number of hydrogen-bond acceptors (Lipinski definition) is 6. The van der Waals surface area contributed by atoms with Gasteiger partial charge in [-0.15, -0.1) is 0 Å². The van der Waals surface area contributed by atoms with E-state index in [0.717, 1.165) is 18.1 Å². The summed E-state index contributed by atoms with van der Waals surface area (Å²) in [7, 11) is -4.10. The molecule has 1 atom stereocenters. The van der Waals surface area contributed by atoms with Gasteiger partial charge in [0.15, 0.2) is 0 Å². The van der Waals surface area contributed by atoms with Crippen molar-refractivity contribution >= 4 is 63.6 Å². The lowest BCUT2D eigenvalue weighted by atomic mass is 10.0. The molecule has 0 heterocycles. The summed E-state index contributed by atoms with van der Waals surface area (Å²) >= 11 is 17.2. The fourth-order valence-electron chi connectivity index (χ4n) is 4.49. The lowest BCUT2D eigenvalue weighted by Crippen LogP contribution is -2.36. The largest absolute Gasteiger partial charge is 0.355 e. The van der Waals surface area contributed by atoms with Crippen LogP contribution in [0, 0.1) is 0 Å². The monoisotopic (exact) mass is 663 g/mol. The molecule has 0 spiro atoms. The van der Waals surface area contributed by atoms with Crippen LogP contribution < -0.4 is 10.0 Å². The summed E-state index contributed by atoms with van der Waals surface area (Å²) in [5.74, 6) is -0.982. The van der Waals surface area contributed by atoms with Crippen LogP contribution in [0.15, 0.2) is 71.6 Å². The van der Waals surface area contributed by atoms with Crippen LogP contribution in [0.4, 0.5) is 0 Å². The smallest absolute Gasteiger partial charge is 0.264 e. The highest BCUT2D eigenvalue weighted by atomic mass is 35.5. The van der Waals surface area contributed by atoms with Crippen LogP contribution in [0.2, 0.25) is 10.0 Å². The summed E-state index contributed by atoms with van der Waals surface area (Å²) in [6.45, 7) is 3.84. The van der Waals surface area contributed by atoms with E-state index in [9.17, 15) is 22.8 Å². The highest BCUT2D eigenvalue weighted by Crippen LogP contribution is 2.33. The van der Waals surface area contributed by atoms with Crippen molar-refractivity contribution in [3.05, 3.63) is 87.9 Å². The van der Waals surface area contributed by atoms with Crippen molar-refractivity contribution in [3.8, 4) is 11.1 Å². The van der Waals surface area contributed by atoms with Gasteiger partial charge in [0.05, 0.1) is 4.90 Å². The van der Waals surface area contributed by atoms with E-state index in [0.29, 0.717) is 42.0 Å². The van der Waals surface area contributed by atoms with Gasteiger partial charge >= 0.3 is 0 Å². The molecule has 0 aliphatic heterocycles. The number of halogens is 2. The standard InChI is InChI=1S/C31H35Cl2N3O5S2/c1-3-7-31(39)36(15-14-30(38)34-19-25(42)17-22-8-6-9-24(32)16-22)20-23-12-13-26(28(33)18-23)27-10-4-5-11-29(27)43(40,41)35-21(2)37/h4-6,8-13,16,18,25,42H,3,7,14-15,17,19-20H2,1-2H3,(H,34,38)(H,35,37)/t25-/m1/s1. The van der Waals surface area contributed by atoms with Crippen LogP contribution in [0.3, 0.4) is 0 Å². The molecule has 2 N–H and O–H groups in total. The lowest BCUT2D eigenvalue weighted by Gasteiger charge is -2.23. The summed E-state index contributed by atoms with van der Waals surface area (Å²) in [6.07, 6.45) is 1.75. The minimum Gasteiger partial charge on any atom is -0.355 e. The number of hydrogen-bond donors (Lipinski definition) is 3. The zero-order valence-corrected chi connectivity index (χ0v) is 27.2. The van der Waals surface area contributed by atoms with Crippen molar-refractivity contribution in [2.45, 2.75) is 56.2 Å². The highest BCUT2D eigenvalue weighted by Gasteiger charge is 2.22. The Bertz CT molecular complexity index is 1570. The Kier molecular flexibility index (Phi) is 12.9. The van der Waals surface area contributed by atoms with E-state index >= 15 is 0 Å². The molecule has 3 rings (SSSR count). The van der Waals surface area contributed by atoms with Crippen LogP contribution in [0.25, 0.3) is 11.1 Å². The molecule has 0 radical (unpaired) electrons. The Morgan fingerprint density at radius 1 is 0.930 bits per heavy atom. The Hall–Kier alpha value is -3.05. The van der Waals surface area contributed by atoms with Crippen molar-refractivity contribution in [1.82, 2.24) is 14.9 Å². The average Bonchev–Trinajstić information content (AvgIpc) is 2.93. The van der Waals surface area contributed by atoms with E-state index in [1.54, 1.807) is 47.4 Å². The number of thiol groups is 1. The molecule has 0 fully saturated rings. The molecule has 8 nitrogen and oxygen atoms in total. The maximum atomic E-state index is 12.9. The van der Waals surface area contributed by atoms with Gasteiger partial charge in [-0.05, 0) is 48.2 Å². The van der Waals surface area contributed by atoms with Gasteiger partial charge in [0.1, 0.15) is 0 Å². The number of rotatable bonds is 14. The van der Waals surface area contributed by atoms with Gasteiger partial charge in [0.2, 0.25) is 17.7 Å². The van der Waals surface area contributed by atoms with Gasteiger partial charge in [0, 0.05) is 65.8 Å². The second kappa shape index (κ2) is 16.1. The quantitative estimate of drug-likeness (QED) is 0.193. The van der Waals surface area contributed by atoms with Crippen molar-refractivity contribution in [2.75, 3.05) is 13.1 Å². The summed E-state index contributed by atoms with van der Waals surface area (Å²) < 4.78 is 27.5. The number of sulfonamides is 1. The van der Waals surface area contributed by atoms with Crippen molar-refractivity contribution in [1.29, 1.82) is 0 Å². The molecule has 230 valence electrons. The highest BCUT2D eigenvalue weighted by molar-refractivity contribution is 7.90. The first kappa shape index (κ1) is 34.4. The van der Waals surface area contributed by atoms with Crippen LogP contribution in [-0.2, 0) is 37.4 Å². The molecular weight excluding hydrogens is 629 g/mol. The molecule has 0 saturated heterocycles. The molecule has 0 aliphatic rings. The second-order valence-corrected chi connectivity index (χ2v) is 13.3. The zero-order chi connectivity index (χ0) is 31.6. The van der Waals surface area contributed by atoms with E-state index in [2.05, 4.69) is 17.9 Å². The van der Waals surface area contributed by atoms with Crippen LogP contribution in [-0.4, -0.2) is 49.4 Å². The molecule has 0 saturated carbocycles. The molecule has 3 amide bonds. The number of nitrogens with zero attached hydrogens (tertiary/aromatic N) is 1. The van der Waals surface area contributed by atoms with Crippen LogP contribution >= 0.6 is 35.8 Å². The normalized spacial score (nSPS) is 11.9. The van der Waals surface area contributed by atoms with E-state index < -0.39 is 15.9 Å². The first-order valence-corrected chi connectivity index (χ1v) is 16.5. The van der Waals surface area contributed by atoms with Gasteiger partial charge in [0.25, 0.3) is 10.0 Å². The number of carbonyl (C=O) groups excluding carboxylic acids is 3. The maximum Gasteiger partial charge on any atom is 0.264 e. The Labute approximate surface area is 268 Å². The van der Waals surface area contributed by atoms with Gasteiger partial charge in [-0.2, -0.15) is 12.6 Å². The molecule has 3 aromatic rings. The molecule has 0 bridgehead atoms. The van der Waals surface area contributed by atoms with Crippen molar-refractivity contribution in [2.24, 2.45) is 0 Å². The second-order valence-electron chi connectivity index (χ2n) is 10.1. The van der Waals surface area contributed by atoms with E-state index in [1.165, 1.54) is 6.07 Å². The van der Waals surface area contributed by atoms with Crippen LogP contribution in [0.1, 0.15) is 44.2 Å². The van der Waals surface area contributed by atoms with Crippen LogP contribution in [0.5, 0.6) is 0 Å². The third-order valence-electron chi connectivity index (χ3n) is 6.47. The topological polar surface area (TPSA) is 113 Å². The average molecular weight is 665 g/mol. The zero-order valence-electron chi connectivity index (χ0n) is 24.0. The Morgan fingerprint density at radius 2 is 1.67 bits per heavy atom. The predicted molar refractivity (Wildman–Crippen MR) is 174 cm³/mol.